The van der Waals surface area contributed by atoms with Crippen molar-refractivity contribution in [2.45, 2.75) is 44.8 Å². The van der Waals surface area contributed by atoms with Gasteiger partial charge in [-0.15, -0.1) is 0 Å². The molecule has 172 valence electrons. The lowest BCUT2D eigenvalue weighted by molar-refractivity contribution is -0.142. The summed E-state index contributed by atoms with van der Waals surface area (Å²) in [6, 6.07) is 5.40. The fourth-order valence-corrected chi connectivity index (χ4v) is 4.07. The summed E-state index contributed by atoms with van der Waals surface area (Å²) in [6.07, 6.45) is -0.829. The summed E-state index contributed by atoms with van der Waals surface area (Å²) in [5, 5.41) is 7.97. The number of fused-ring (bicyclic) bond motifs is 1. The molecule has 1 saturated heterocycles. The van der Waals surface area contributed by atoms with Crippen molar-refractivity contribution < 1.29 is 26.9 Å². The molecule has 5 rings (SSSR count). The van der Waals surface area contributed by atoms with Crippen LogP contribution in [0.15, 0.2) is 45.7 Å². The molecule has 0 unspecified atom stereocenters. The van der Waals surface area contributed by atoms with Gasteiger partial charge in [0.25, 0.3) is 5.91 Å². The van der Waals surface area contributed by atoms with E-state index < -0.39 is 17.8 Å². The van der Waals surface area contributed by atoms with Crippen LogP contribution >= 0.6 is 0 Å². The van der Waals surface area contributed by atoms with Crippen molar-refractivity contribution in [2.75, 3.05) is 6.54 Å². The lowest BCUT2D eigenvalue weighted by atomic mass is 10.1. The molecule has 4 aromatic heterocycles. The van der Waals surface area contributed by atoms with Crippen LogP contribution in [0.1, 0.15) is 66.2 Å². The minimum absolute atomic E-state index is 0.0200. The Balaban J connectivity index is 1.58. The van der Waals surface area contributed by atoms with Gasteiger partial charge in [0.05, 0.1) is 18.5 Å². The quantitative estimate of drug-likeness (QED) is 0.422. The van der Waals surface area contributed by atoms with E-state index in [1.807, 2.05) is 19.9 Å². The van der Waals surface area contributed by atoms with E-state index in [-0.39, 0.29) is 34.6 Å². The van der Waals surface area contributed by atoms with Crippen molar-refractivity contribution in [1.82, 2.24) is 24.7 Å². The van der Waals surface area contributed by atoms with Crippen molar-refractivity contribution in [1.29, 1.82) is 0 Å². The lowest BCUT2D eigenvalue weighted by Gasteiger charge is -2.22. The van der Waals surface area contributed by atoms with Gasteiger partial charge in [0.1, 0.15) is 22.7 Å². The van der Waals surface area contributed by atoms with E-state index in [0.717, 1.165) is 18.7 Å². The molecule has 1 aliphatic heterocycles. The van der Waals surface area contributed by atoms with Crippen LogP contribution in [0.3, 0.4) is 0 Å². The third kappa shape index (κ3) is 3.66. The first kappa shape index (κ1) is 21.2. The number of aromatic nitrogens is 4. The molecular formula is C22H20F3N5O3. The average molecular weight is 459 g/mol. The Morgan fingerprint density at radius 2 is 2.09 bits per heavy atom. The number of nitrogens with zero attached hydrogens (tertiary/aromatic N) is 5. The largest absolute Gasteiger partial charge is 0.463 e. The Bertz CT molecular complexity index is 1310. The number of hydrogen-bond acceptors (Lipinski definition) is 6. The van der Waals surface area contributed by atoms with Crippen LogP contribution in [0, 0.1) is 0 Å². The number of rotatable bonds is 4. The molecule has 0 aliphatic carbocycles. The van der Waals surface area contributed by atoms with Gasteiger partial charge in [0.15, 0.2) is 17.1 Å². The topological polar surface area (TPSA) is 89.7 Å². The van der Waals surface area contributed by atoms with Crippen LogP contribution in [0.4, 0.5) is 13.2 Å². The molecule has 11 heteroatoms. The molecule has 0 bridgehead atoms. The highest BCUT2D eigenvalue weighted by atomic mass is 19.4. The van der Waals surface area contributed by atoms with Crippen molar-refractivity contribution in [3.8, 4) is 11.5 Å². The van der Waals surface area contributed by atoms with Gasteiger partial charge in [-0.2, -0.15) is 18.3 Å². The van der Waals surface area contributed by atoms with Gasteiger partial charge in [0, 0.05) is 18.5 Å². The Hall–Kier alpha value is -3.63. The second-order valence-electron chi connectivity index (χ2n) is 8.26. The Morgan fingerprint density at radius 3 is 2.76 bits per heavy atom. The zero-order chi connectivity index (χ0) is 23.3. The number of carbonyl (C=O) groups is 1. The monoisotopic (exact) mass is 459 g/mol. The maximum Gasteiger partial charge on any atom is 0.433 e. The molecule has 0 saturated carbocycles. The van der Waals surface area contributed by atoms with Gasteiger partial charge in [-0.25, -0.2) is 9.50 Å². The van der Waals surface area contributed by atoms with Crippen molar-refractivity contribution in [2.24, 2.45) is 0 Å². The highest BCUT2D eigenvalue weighted by Gasteiger charge is 2.38. The van der Waals surface area contributed by atoms with Crippen LogP contribution in [-0.2, 0) is 6.18 Å². The Labute approximate surface area is 186 Å². The summed E-state index contributed by atoms with van der Waals surface area (Å²) in [6.45, 7) is 4.39. The van der Waals surface area contributed by atoms with Crippen LogP contribution in [0.25, 0.3) is 17.1 Å². The summed E-state index contributed by atoms with van der Waals surface area (Å²) < 4.78 is 52.6. The van der Waals surface area contributed by atoms with Crippen LogP contribution < -0.4 is 0 Å². The number of amides is 1. The molecule has 5 heterocycles. The summed E-state index contributed by atoms with van der Waals surface area (Å²) in [5.41, 5.74) is -0.663. The third-order valence-corrected chi connectivity index (χ3v) is 5.74. The predicted octanol–water partition coefficient (Wildman–Crippen LogP) is 5.10. The van der Waals surface area contributed by atoms with Crippen LogP contribution in [0.5, 0.6) is 0 Å². The Morgan fingerprint density at radius 1 is 1.27 bits per heavy atom. The lowest BCUT2D eigenvalue weighted by Crippen LogP contribution is -2.30. The average Bonchev–Trinajstić information content (AvgIpc) is 3.57. The van der Waals surface area contributed by atoms with E-state index in [1.165, 1.54) is 12.3 Å². The van der Waals surface area contributed by atoms with E-state index >= 15 is 0 Å². The van der Waals surface area contributed by atoms with Gasteiger partial charge in [0.2, 0.25) is 0 Å². The molecule has 0 radical (unpaired) electrons. The first-order valence-corrected chi connectivity index (χ1v) is 10.5. The van der Waals surface area contributed by atoms with Crippen LogP contribution in [-0.4, -0.2) is 37.1 Å². The van der Waals surface area contributed by atoms with Gasteiger partial charge >= 0.3 is 6.18 Å². The van der Waals surface area contributed by atoms with Gasteiger partial charge in [-0.3, -0.25) is 4.79 Å². The summed E-state index contributed by atoms with van der Waals surface area (Å²) >= 11 is 0. The SMILES string of the molecule is CC(C)c1cc([C@H]2CCCN2C(=O)c2cnn3c(C(F)(F)F)cc(-c4ccco4)nc23)no1. The smallest absolute Gasteiger partial charge is 0.433 e. The minimum atomic E-state index is -4.71. The van der Waals surface area contributed by atoms with E-state index in [4.69, 9.17) is 8.94 Å². The van der Waals surface area contributed by atoms with Crippen molar-refractivity contribution >= 4 is 11.6 Å². The number of likely N-dealkylation sites (tertiary alicyclic amines) is 1. The standard InChI is InChI=1S/C22H20F3N5O3/c1-12(2)18-9-14(28-33-18)16-5-3-7-29(16)21(31)13-11-26-30-19(22(23,24)25)10-15(27-20(13)30)17-6-4-8-32-17/h4,6,8-12,16H,3,5,7H2,1-2H3/t16-/m1/s1. The predicted molar refractivity (Wildman–Crippen MR) is 109 cm³/mol. The van der Waals surface area contributed by atoms with E-state index in [9.17, 15) is 18.0 Å². The second kappa shape index (κ2) is 7.75. The fraction of sp³-hybridized carbons (Fsp3) is 0.364. The molecule has 0 N–H and O–H groups in total. The zero-order valence-corrected chi connectivity index (χ0v) is 17.8. The molecule has 1 atom stereocenters. The maximum atomic E-state index is 13.8. The van der Waals surface area contributed by atoms with Gasteiger partial charge in [-0.1, -0.05) is 19.0 Å². The van der Waals surface area contributed by atoms with Crippen molar-refractivity contribution in [3.05, 3.63) is 59.4 Å². The third-order valence-electron chi connectivity index (χ3n) is 5.74. The molecule has 1 fully saturated rings. The number of carbonyl (C=O) groups excluding carboxylic acids is 1. The van der Waals surface area contributed by atoms with Crippen LogP contribution in [0.2, 0.25) is 0 Å². The van der Waals surface area contributed by atoms with Gasteiger partial charge < -0.3 is 13.8 Å². The minimum Gasteiger partial charge on any atom is -0.463 e. The number of hydrogen-bond donors (Lipinski definition) is 0. The molecule has 8 nitrogen and oxygen atoms in total. The molecule has 1 amide bonds. The van der Waals surface area contributed by atoms with E-state index in [2.05, 4.69) is 15.2 Å². The Kier molecular flexibility index (Phi) is 4.98. The fourth-order valence-electron chi connectivity index (χ4n) is 4.07. The first-order valence-electron chi connectivity index (χ1n) is 10.5. The molecule has 33 heavy (non-hydrogen) atoms. The summed E-state index contributed by atoms with van der Waals surface area (Å²) in [5.74, 6) is 0.547. The highest BCUT2D eigenvalue weighted by Crippen LogP contribution is 2.36. The number of furan rings is 1. The number of halogens is 3. The maximum absolute atomic E-state index is 13.8. The first-order chi connectivity index (χ1) is 15.7. The molecule has 4 aromatic rings. The summed E-state index contributed by atoms with van der Waals surface area (Å²) in [4.78, 5) is 19.4. The zero-order valence-electron chi connectivity index (χ0n) is 17.8. The summed E-state index contributed by atoms with van der Waals surface area (Å²) in [7, 11) is 0. The van der Waals surface area contributed by atoms with E-state index in [0.29, 0.717) is 28.9 Å². The molecular weight excluding hydrogens is 439 g/mol. The van der Waals surface area contributed by atoms with E-state index in [1.54, 1.807) is 11.0 Å². The molecule has 1 aliphatic rings. The molecule has 0 aromatic carbocycles. The molecule has 0 spiro atoms. The number of alkyl halides is 3. The van der Waals surface area contributed by atoms with Crippen molar-refractivity contribution in [3.63, 3.8) is 0 Å². The highest BCUT2D eigenvalue weighted by molar-refractivity contribution is 6.00. The second-order valence-corrected chi connectivity index (χ2v) is 8.26. The normalized spacial score (nSPS) is 16.9. The van der Waals surface area contributed by atoms with Gasteiger partial charge in [-0.05, 0) is 31.0 Å².